The monoisotopic (exact) mass is 303 g/mol. The minimum Gasteiger partial charge on any atom is -0.245 e. The second-order valence-electron chi connectivity index (χ2n) is 4.58. The van der Waals surface area contributed by atoms with Gasteiger partial charge in [-0.15, -0.1) is 21.8 Å². The van der Waals surface area contributed by atoms with E-state index in [2.05, 4.69) is 25.8 Å². The van der Waals surface area contributed by atoms with Gasteiger partial charge in [-0.05, 0) is 16.0 Å². The molecule has 0 unspecified atom stereocenters. The molecule has 0 N–H and O–H groups in total. The highest BCUT2D eigenvalue weighted by Gasteiger charge is 2.09. The van der Waals surface area contributed by atoms with Gasteiger partial charge in [-0.25, -0.2) is 9.36 Å². The summed E-state index contributed by atoms with van der Waals surface area (Å²) in [6, 6.07) is 10.1. The summed E-state index contributed by atoms with van der Waals surface area (Å²) in [6.45, 7) is 1.11. The molecule has 0 aliphatic heterocycles. The van der Waals surface area contributed by atoms with Crippen LogP contribution in [0.15, 0.2) is 36.5 Å². The Kier molecular flexibility index (Phi) is 4.20. The summed E-state index contributed by atoms with van der Waals surface area (Å²) in [4.78, 5) is 0. The van der Waals surface area contributed by atoms with Crippen molar-refractivity contribution in [2.45, 2.75) is 19.5 Å². The van der Waals surface area contributed by atoms with Crippen molar-refractivity contribution in [2.75, 3.05) is 5.88 Å². The Morgan fingerprint density at radius 2 is 1.86 bits per heavy atom. The SMILES string of the molecule is ClCCc1cn(Cc2nnnn2Cc2ccccc2)nn1. The molecule has 0 amide bonds. The summed E-state index contributed by atoms with van der Waals surface area (Å²) in [7, 11) is 0. The molecule has 108 valence electrons. The largest absolute Gasteiger partial charge is 0.245 e. The van der Waals surface area contributed by atoms with Gasteiger partial charge in [0.25, 0.3) is 0 Å². The van der Waals surface area contributed by atoms with Crippen molar-refractivity contribution in [2.24, 2.45) is 0 Å². The second kappa shape index (κ2) is 6.45. The van der Waals surface area contributed by atoms with Crippen molar-refractivity contribution < 1.29 is 0 Å². The smallest absolute Gasteiger partial charge is 0.173 e. The molecule has 3 rings (SSSR count). The second-order valence-corrected chi connectivity index (χ2v) is 4.96. The Morgan fingerprint density at radius 1 is 1.00 bits per heavy atom. The van der Waals surface area contributed by atoms with E-state index < -0.39 is 0 Å². The highest BCUT2D eigenvalue weighted by atomic mass is 35.5. The molecule has 0 radical (unpaired) electrons. The number of nitrogens with zero attached hydrogens (tertiary/aromatic N) is 7. The number of rotatable bonds is 6. The van der Waals surface area contributed by atoms with Gasteiger partial charge in [0.15, 0.2) is 5.82 Å². The molecule has 7 nitrogen and oxygen atoms in total. The van der Waals surface area contributed by atoms with Crippen LogP contribution in [0.2, 0.25) is 0 Å². The topological polar surface area (TPSA) is 74.3 Å². The molecule has 0 aliphatic carbocycles. The number of hydrogen-bond acceptors (Lipinski definition) is 5. The zero-order valence-corrected chi connectivity index (χ0v) is 12.1. The van der Waals surface area contributed by atoms with Gasteiger partial charge in [0.1, 0.15) is 6.54 Å². The summed E-state index contributed by atoms with van der Waals surface area (Å²) in [5.41, 5.74) is 2.01. The van der Waals surface area contributed by atoms with Crippen LogP contribution >= 0.6 is 11.6 Å². The van der Waals surface area contributed by atoms with Crippen molar-refractivity contribution in [1.29, 1.82) is 0 Å². The maximum Gasteiger partial charge on any atom is 0.173 e. The third-order valence-corrected chi connectivity index (χ3v) is 3.21. The predicted octanol–water partition coefficient (Wildman–Crippen LogP) is 1.14. The average Bonchev–Trinajstić information content (AvgIpc) is 3.11. The van der Waals surface area contributed by atoms with Crippen molar-refractivity contribution in [3.63, 3.8) is 0 Å². The van der Waals surface area contributed by atoms with Gasteiger partial charge in [-0.2, -0.15) is 0 Å². The first kappa shape index (κ1) is 13.7. The van der Waals surface area contributed by atoms with Gasteiger partial charge in [0, 0.05) is 18.5 Å². The summed E-state index contributed by atoms with van der Waals surface area (Å²) in [6.07, 6.45) is 2.57. The minimum absolute atomic E-state index is 0.481. The molecule has 8 heteroatoms. The molecule has 0 fully saturated rings. The van der Waals surface area contributed by atoms with Crippen LogP contribution in [-0.4, -0.2) is 41.1 Å². The fraction of sp³-hybridized carbons (Fsp3) is 0.308. The van der Waals surface area contributed by atoms with Crippen LogP contribution in [0.5, 0.6) is 0 Å². The lowest BCUT2D eigenvalue weighted by Gasteiger charge is -2.04. The Hall–Kier alpha value is -2.28. The highest BCUT2D eigenvalue weighted by molar-refractivity contribution is 6.17. The summed E-state index contributed by atoms with van der Waals surface area (Å²) in [5.74, 6) is 1.27. The average molecular weight is 304 g/mol. The molecule has 1 aromatic carbocycles. The van der Waals surface area contributed by atoms with Crippen LogP contribution in [0.25, 0.3) is 0 Å². The number of alkyl halides is 1. The molecule has 2 aromatic heterocycles. The molecular formula is C13H14ClN7. The molecular weight excluding hydrogens is 290 g/mol. The summed E-state index contributed by atoms with van der Waals surface area (Å²) >= 11 is 5.69. The number of aromatic nitrogens is 7. The first-order chi connectivity index (χ1) is 10.3. The fourth-order valence-corrected chi connectivity index (χ4v) is 2.18. The Balaban J connectivity index is 1.72. The van der Waals surface area contributed by atoms with Gasteiger partial charge < -0.3 is 0 Å². The van der Waals surface area contributed by atoms with Gasteiger partial charge in [-0.1, -0.05) is 35.5 Å². The number of aryl methyl sites for hydroxylation is 1. The molecule has 3 aromatic rings. The van der Waals surface area contributed by atoms with Gasteiger partial charge in [-0.3, -0.25) is 0 Å². The Labute approximate surface area is 126 Å². The maximum absolute atomic E-state index is 5.69. The first-order valence-corrected chi connectivity index (χ1v) is 7.12. The molecule has 0 aliphatic rings. The minimum atomic E-state index is 0.481. The Bertz CT molecular complexity index is 691. The van der Waals surface area contributed by atoms with Gasteiger partial charge >= 0.3 is 0 Å². The van der Waals surface area contributed by atoms with Crippen molar-refractivity contribution in [1.82, 2.24) is 35.2 Å². The molecule has 21 heavy (non-hydrogen) atoms. The van der Waals surface area contributed by atoms with Crippen LogP contribution in [0.1, 0.15) is 17.1 Å². The molecule has 0 bridgehead atoms. The lowest BCUT2D eigenvalue weighted by atomic mass is 10.2. The van der Waals surface area contributed by atoms with E-state index >= 15 is 0 Å². The number of halogens is 1. The van der Waals surface area contributed by atoms with E-state index in [1.807, 2.05) is 36.5 Å². The zero-order chi connectivity index (χ0) is 14.5. The number of benzene rings is 1. The number of tetrazole rings is 1. The van der Waals surface area contributed by atoms with Gasteiger partial charge in [0.2, 0.25) is 0 Å². The normalized spacial score (nSPS) is 10.9. The van der Waals surface area contributed by atoms with E-state index in [9.17, 15) is 0 Å². The van der Waals surface area contributed by atoms with E-state index in [0.717, 1.165) is 17.1 Å². The van der Waals surface area contributed by atoms with E-state index in [1.54, 1.807) is 9.36 Å². The fourth-order valence-electron chi connectivity index (χ4n) is 1.99. The van der Waals surface area contributed by atoms with Crippen LogP contribution in [0.3, 0.4) is 0 Å². The predicted molar refractivity (Wildman–Crippen MR) is 76.9 cm³/mol. The lowest BCUT2D eigenvalue weighted by molar-refractivity contribution is 0.564. The first-order valence-electron chi connectivity index (χ1n) is 6.59. The van der Waals surface area contributed by atoms with Crippen LogP contribution in [0.4, 0.5) is 0 Å². The highest BCUT2D eigenvalue weighted by Crippen LogP contribution is 2.04. The third-order valence-electron chi connectivity index (χ3n) is 3.02. The standard InChI is InChI=1S/C13H14ClN7/c14-7-6-12-9-20(18-15-12)10-13-16-17-19-21(13)8-11-4-2-1-3-5-11/h1-5,9H,6-8,10H2. The molecule has 0 spiro atoms. The summed E-state index contributed by atoms with van der Waals surface area (Å²) in [5, 5.41) is 19.9. The Morgan fingerprint density at radius 3 is 2.67 bits per heavy atom. The quantitative estimate of drug-likeness (QED) is 0.638. The third kappa shape index (κ3) is 3.43. The van der Waals surface area contributed by atoms with E-state index in [1.165, 1.54) is 0 Å². The van der Waals surface area contributed by atoms with E-state index in [4.69, 9.17) is 11.6 Å². The number of hydrogen-bond donors (Lipinski definition) is 0. The lowest BCUT2D eigenvalue weighted by Crippen LogP contribution is -2.11. The van der Waals surface area contributed by atoms with Crippen LogP contribution in [-0.2, 0) is 19.5 Å². The molecule has 2 heterocycles. The molecule has 0 saturated carbocycles. The molecule has 0 atom stereocenters. The van der Waals surface area contributed by atoms with Crippen molar-refractivity contribution >= 4 is 11.6 Å². The van der Waals surface area contributed by atoms with Crippen LogP contribution < -0.4 is 0 Å². The van der Waals surface area contributed by atoms with Crippen LogP contribution in [0, 0.1) is 0 Å². The van der Waals surface area contributed by atoms with E-state index in [-0.39, 0.29) is 0 Å². The zero-order valence-electron chi connectivity index (χ0n) is 11.3. The summed E-state index contributed by atoms with van der Waals surface area (Å²) < 4.78 is 3.48. The van der Waals surface area contributed by atoms with Gasteiger partial charge in [0.05, 0.1) is 12.2 Å². The molecule has 0 saturated heterocycles. The van der Waals surface area contributed by atoms with E-state index in [0.29, 0.717) is 25.4 Å². The maximum atomic E-state index is 5.69. The van der Waals surface area contributed by atoms with Crippen molar-refractivity contribution in [3.8, 4) is 0 Å². The van der Waals surface area contributed by atoms with Crippen molar-refractivity contribution in [3.05, 3.63) is 53.6 Å².